The second-order valence-electron chi connectivity index (χ2n) is 7.87. The number of ether oxygens (including phenoxy) is 1. The Kier molecular flexibility index (Phi) is 9.01. The summed E-state index contributed by atoms with van der Waals surface area (Å²) in [6, 6.07) is 12.9. The van der Waals surface area contributed by atoms with Crippen LogP contribution in [0.4, 0.5) is 0 Å². The maximum Gasteiger partial charge on any atom is 0.326 e. The number of amides is 2. The summed E-state index contributed by atoms with van der Waals surface area (Å²) in [5.41, 5.74) is 1.99. The first kappa shape index (κ1) is 24.7. The van der Waals surface area contributed by atoms with E-state index in [0.29, 0.717) is 23.5 Å². The normalized spacial score (nSPS) is 12.2. The van der Waals surface area contributed by atoms with Crippen LogP contribution in [0.1, 0.15) is 48.7 Å². The van der Waals surface area contributed by atoms with Crippen molar-refractivity contribution in [3.8, 4) is 5.75 Å². The lowest BCUT2D eigenvalue weighted by molar-refractivity contribution is -0.141. The summed E-state index contributed by atoms with van der Waals surface area (Å²) in [4.78, 5) is 37.3. The summed E-state index contributed by atoms with van der Waals surface area (Å²) in [6.07, 6.45) is 1.77. The molecular weight excluding hydrogens is 408 g/mol. The molecule has 0 radical (unpaired) electrons. The summed E-state index contributed by atoms with van der Waals surface area (Å²) in [6.45, 7) is 8.07. The van der Waals surface area contributed by atoms with E-state index in [1.165, 1.54) is 6.08 Å². The first-order chi connectivity index (χ1) is 15.2. The summed E-state index contributed by atoms with van der Waals surface area (Å²) in [5, 5.41) is 14.6. The van der Waals surface area contributed by atoms with Gasteiger partial charge in [0, 0.05) is 5.56 Å². The van der Waals surface area contributed by atoms with Crippen molar-refractivity contribution in [2.24, 2.45) is 5.92 Å². The number of carboxylic acids is 1. The molecule has 0 aromatic heterocycles. The van der Waals surface area contributed by atoms with E-state index in [2.05, 4.69) is 10.6 Å². The molecule has 3 N–H and O–H groups in total. The molecular formula is C25H30N2O5. The van der Waals surface area contributed by atoms with Gasteiger partial charge in [0.25, 0.3) is 11.8 Å². The SMILES string of the molecule is CCOc1ccc(/C=C(\NC(=O)c2ccc(C)cc2)C(=O)N[C@@H](CC(C)C)C(=O)O)cc1. The fourth-order valence-corrected chi connectivity index (χ4v) is 2.98. The highest BCUT2D eigenvalue weighted by molar-refractivity contribution is 6.06. The molecule has 0 aliphatic rings. The van der Waals surface area contributed by atoms with E-state index in [-0.39, 0.29) is 18.0 Å². The first-order valence-electron chi connectivity index (χ1n) is 10.6. The van der Waals surface area contributed by atoms with Crippen molar-refractivity contribution >= 4 is 23.9 Å². The Morgan fingerprint density at radius 2 is 1.66 bits per heavy atom. The first-order valence-corrected chi connectivity index (χ1v) is 10.6. The predicted molar refractivity (Wildman–Crippen MR) is 123 cm³/mol. The van der Waals surface area contributed by atoms with Crippen molar-refractivity contribution in [3.05, 3.63) is 70.9 Å². The predicted octanol–water partition coefficient (Wildman–Crippen LogP) is 3.78. The number of aliphatic carboxylic acids is 1. The quantitative estimate of drug-likeness (QED) is 0.490. The van der Waals surface area contributed by atoms with Crippen LogP contribution in [0, 0.1) is 12.8 Å². The molecule has 1 atom stereocenters. The van der Waals surface area contributed by atoms with Crippen LogP contribution in [-0.2, 0) is 9.59 Å². The van der Waals surface area contributed by atoms with Gasteiger partial charge in [0.05, 0.1) is 6.61 Å². The molecule has 0 aliphatic heterocycles. The molecule has 2 rings (SSSR count). The van der Waals surface area contributed by atoms with Crippen LogP contribution in [-0.4, -0.2) is 35.5 Å². The number of carbonyl (C=O) groups excluding carboxylic acids is 2. The average molecular weight is 439 g/mol. The number of aryl methyl sites for hydroxylation is 1. The Morgan fingerprint density at radius 1 is 1.03 bits per heavy atom. The van der Waals surface area contributed by atoms with Gasteiger partial charge in [-0.3, -0.25) is 9.59 Å². The number of hydrogen-bond donors (Lipinski definition) is 3. The van der Waals surface area contributed by atoms with Gasteiger partial charge in [0.2, 0.25) is 0 Å². The number of carbonyl (C=O) groups is 3. The molecule has 0 spiro atoms. The van der Waals surface area contributed by atoms with Crippen molar-refractivity contribution in [1.29, 1.82) is 0 Å². The van der Waals surface area contributed by atoms with Gasteiger partial charge in [-0.1, -0.05) is 43.7 Å². The van der Waals surface area contributed by atoms with E-state index in [9.17, 15) is 19.5 Å². The van der Waals surface area contributed by atoms with E-state index in [1.807, 2.05) is 27.7 Å². The van der Waals surface area contributed by atoms with E-state index < -0.39 is 23.8 Å². The number of carboxylic acid groups (broad SMARTS) is 1. The topological polar surface area (TPSA) is 105 Å². The Morgan fingerprint density at radius 3 is 2.19 bits per heavy atom. The van der Waals surface area contributed by atoms with Gasteiger partial charge in [-0.25, -0.2) is 4.79 Å². The van der Waals surface area contributed by atoms with Gasteiger partial charge in [0.15, 0.2) is 0 Å². The van der Waals surface area contributed by atoms with Crippen LogP contribution in [0.15, 0.2) is 54.2 Å². The summed E-state index contributed by atoms with van der Waals surface area (Å²) in [5.74, 6) is -1.52. The molecule has 7 nitrogen and oxygen atoms in total. The highest BCUT2D eigenvalue weighted by Gasteiger charge is 2.24. The molecule has 0 unspecified atom stereocenters. The molecule has 2 aromatic rings. The third kappa shape index (κ3) is 7.58. The minimum atomic E-state index is -1.13. The molecule has 0 aliphatic carbocycles. The largest absolute Gasteiger partial charge is 0.494 e. The molecule has 0 saturated heterocycles. The maximum absolute atomic E-state index is 13.0. The van der Waals surface area contributed by atoms with Crippen molar-refractivity contribution < 1.29 is 24.2 Å². The number of benzene rings is 2. The number of hydrogen-bond acceptors (Lipinski definition) is 4. The highest BCUT2D eigenvalue weighted by atomic mass is 16.5. The average Bonchev–Trinajstić information content (AvgIpc) is 2.74. The second kappa shape index (κ2) is 11.7. The monoisotopic (exact) mass is 438 g/mol. The van der Waals surface area contributed by atoms with E-state index >= 15 is 0 Å². The van der Waals surface area contributed by atoms with E-state index in [0.717, 1.165) is 5.56 Å². The Balaban J connectivity index is 2.32. The van der Waals surface area contributed by atoms with Crippen LogP contribution in [0.5, 0.6) is 5.75 Å². The van der Waals surface area contributed by atoms with Gasteiger partial charge in [0.1, 0.15) is 17.5 Å². The smallest absolute Gasteiger partial charge is 0.326 e. The Bertz CT molecular complexity index is 963. The molecule has 170 valence electrons. The maximum atomic E-state index is 13.0. The molecule has 0 bridgehead atoms. The standard InChI is InChI=1S/C25H30N2O5/c1-5-32-20-12-8-18(9-13-20)15-21(24(29)27-22(25(30)31)14-16(2)3)26-23(28)19-10-6-17(4)7-11-19/h6-13,15-16,22H,5,14H2,1-4H3,(H,26,28)(H,27,29)(H,30,31)/b21-15-/t22-/m0/s1. The van der Waals surface area contributed by atoms with E-state index in [1.54, 1.807) is 48.5 Å². The molecule has 32 heavy (non-hydrogen) atoms. The molecule has 0 heterocycles. The Hall–Kier alpha value is -3.61. The number of rotatable bonds is 10. The summed E-state index contributed by atoms with van der Waals surface area (Å²) in [7, 11) is 0. The van der Waals surface area contributed by atoms with Gasteiger partial charge >= 0.3 is 5.97 Å². The summed E-state index contributed by atoms with van der Waals surface area (Å²) < 4.78 is 5.43. The van der Waals surface area contributed by atoms with Crippen LogP contribution in [0.3, 0.4) is 0 Å². The highest BCUT2D eigenvalue weighted by Crippen LogP contribution is 2.15. The summed E-state index contributed by atoms with van der Waals surface area (Å²) >= 11 is 0. The fraction of sp³-hybridized carbons (Fsp3) is 0.320. The van der Waals surface area contributed by atoms with Crippen molar-refractivity contribution in [2.75, 3.05) is 6.61 Å². The molecule has 7 heteroatoms. The third-order valence-electron chi connectivity index (χ3n) is 4.62. The van der Waals surface area contributed by atoms with Gasteiger partial charge in [-0.05, 0) is 62.1 Å². The van der Waals surface area contributed by atoms with E-state index in [4.69, 9.17) is 4.74 Å². The van der Waals surface area contributed by atoms with Gasteiger partial charge in [-0.2, -0.15) is 0 Å². The Labute approximate surface area is 188 Å². The van der Waals surface area contributed by atoms with Crippen molar-refractivity contribution in [1.82, 2.24) is 10.6 Å². The fourth-order valence-electron chi connectivity index (χ4n) is 2.98. The zero-order valence-corrected chi connectivity index (χ0v) is 18.8. The lowest BCUT2D eigenvalue weighted by atomic mass is 10.0. The third-order valence-corrected chi connectivity index (χ3v) is 4.62. The minimum Gasteiger partial charge on any atom is -0.494 e. The molecule has 0 saturated carbocycles. The lowest BCUT2D eigenvalue weighted by Crippen LogP contribution is -2.45. The zero-order valence-electron chi connectivity index (χ0n) is 18.8. The molecule has 0 fully saturated rings. The van der Waals surface area contributed by atoms with Crippen molar-refractivity contribution in [3.63, 3.8) is 0 Å². The minimum absolute atomic E-state index is 0.0465. The van der Waals surface area contributed by atoms with Gasteiger partial charge in [-0.15, -0.1) is 0 Å². The number of nitrogens with one attached hydrogen (secondary N) is 2. The van der Waals surface area contributed by atoms with Crippen LogP contribution in [0.25, 0.3) is 6.08 Å². The van der Waals surface area contributed by atoms with Crippen LogP contribution in [0.2, 0.25) is 0 Å². The molecule has 2 aromatic carbocycles. The lowest BCUT2D eigenvalue weighted by Gasteiger charge is -2.18. The molecule has 2 amide bonds. The zero-order chi connectivity index (χ0) is 23.7. The van der Waals surface area contributed by atoms with Crippen molar-refractivity contribution in [2.45, 2.75) is 40.2 Å². The van der Waals surface area contributed by atoms with Crippen LogP contribution < -0.4 is 15.4 Å². The van der Waals surface area contributed by atoms with Crippen LogP contribution >= 0.6 is 0 Å². The second-order valence-corrected chi connectivity index (χ2v) is 7.87. The van der Waals surface area contributed by atoms with Gasteiger partial charge < -0.3 is 20.5 Å².